The van der Waals surface area contributed by atoms with Crippen molar-refractivity contribution in [3.63, 3.8) is 0 Å². The van der Waals surface area contributed by atoms with Crippen molar-refractivity contribution in [1.29, 1.82) is 0 Å². The molecular weight excluding hydrogens is 716 g/mol. The first-order chi connectivity index (χ1) is 21.6. The number of aromatic hydroxyl groups is 1. The van der Waals surface area contributed by atoms with Crippen molar-refractivity contribution in [3.05, 3.63) is 97.8 Å². The molecule has 3 aromatic carbocycles. The van der Waals surface area contributed by atoms with Crippen LogP contribution in [0.2, 0.25) is 5.02 Å². The predicted octanol–water partition coefficient (Wildman–Crippen LogP) is 5.07. The second kappa shape index (κ2) is 10.8. The van der Waals surface area contributed by atoms with E-state index in [0.29, 0.717) is 25.4 Å². The van der Waals surface area contributed by atoms with Gasteiger partial charge in [0, 0.05) is 10.9 Å². The zero-order valence-corrected chi connectivity index (χ0v) is 26.6. The minimum absolute atomic E-state index is 0.0711. The van der Waals surface area contributed by atoms with E-state index in [1.54, 1.807) is 36.4 Å². The first-order valence-electron chi connectivity index (χ1n) is 14.3. The molecule has 230 valence electrons. The summed E-state index contributed by atoms with van der Waals surface area (Å²) in [5.74, 6) is -5.73. The number of fused-ring (bicyclic) bond motifs is 4. The molecule has 2 heterocycles. The molecule has 4 amide bonds. The van der Waals surface area contributed by atoms with Gasteiger partial charge in [-0.25, -0.2) is 4.39 Å². The number of nitrogens with zero attached hydrogens (tertiary/aromatic N) is 1. The third-order valence-electron chi connectivity index (χ3n) is 9.70. The Balaban J connectivity index is 1.50. The van der Waals surface area contributed by atoms with Gasteiger partial charge in [-0.1, -0.05) is 35.4 Å². The highest BCUT2D eigenvalue weighted by Crippen LogP contribution is 2.64. The zero-order valence-electron chi connectivity index (χ0n) is 23.7. The summed E-state index contributed by atoms with van der Waals surface area (Å²) in [6, 6.07) is 15.5. The van der Waals surface area contributed by atoms with Crippen LogP contribution in [-0.2, 0) is 24.6 Å². The second-order valence-electron chi connectivity index (χ2n) is 11.8. The number of ether oxygens (including phenoxy) is 1. The third-order valence-corrected chi connectivity index (χ3v) is 10.8. The van der Waals surface area contributed by atoms with Gasteiger partial charge < -0.3 is 9.84 Å². The van der Waals surface area contributed by atoms with E-state index in [1.807, 2.05) is 28.7 Å². The predicted molar refractivity (Wildman–Crippen MR) is 170 cm³/mol. The van der Waals surface area contributed by atoms with Gasteiger partial charge in [0.05, 0.1) is 39.5 Å². The summed E-state index contributed by atoms with van der Waals surface area (Å²) in [5.41, 5.74) is 3.62. The van der Waals surface area contributed by atoms with Gasteiger partial charge in [0.2, 0.25) is 11.8 Å². The Bertz CT molecular complexity index is 1820. The average molecular weight is 742 g/mol. The van der Waals surface area contributed by atoms with Gasteiger partial charge in [0.1, 0.15) is 5.82 Å². The van der Waals surface area contributed by atoms with Crippen molar-refractivity contribution in [2.45, 2.75) is 24.2 Å². The lowest BCUT2D eigenvalue weighted by Crippen LogP contribution is -2.53. The Hall–Kier alpha value is -3.97. The molecule has 1 saturated carbocycles. The number of hydrogen-bond acceptors (Lipinski definition) is 7. The van der Waals surface area contributed by atoms with Gasteiger partial charge in [0.25, 0.3) is 11.8 Å². The number of hydrazine groups is 1. The molecule has 3 fully saturated rings. The van der Waals surface area contributed by atoms with E-state index in [9.17, 15) is 23.9 Å². The fraction of sp³-hybridized carbons (Fsp3) is 0.273. The van der Waals surface area contributed by atoms with Crippen molar-refractivity contribution in [2.24, 2.45) is 23.7 Å². The normalized spacial score (nSPS) is 28.7. The molecule has 2 saturated heterocycles. The van der Waals surface area contributed by atoms with Crippen LogP contribution in [0.5, 0.6) is 11.5 Å². The highest BCUT2D eigenvalue weighted by atomic mass is 127. The number of rotatable bonds is 5. The van der Waals surface area contributed by atoms with E-state index in [2.05, 4.69) is 10.7 Å². The van der Waals surface area contributed by atoms with Crippen molar-refractivity contribution < 1.29 is 33.4 Å². The first-order valence-corrected chi connectivity index (χ1v) is 15.8. The van der Waals surface area contributed by atoms with E-state index in [1.165, 1.54) is 31.4 Å². The van der Waals surface area contributed by atoms with Crippen LogP contribution < -0.4 is 15.5 Å². The van der Waals surface area contributed by atoms with E-state index >= 15 is 4.79 Å². The maximum Gasteiger partial charge on any atom is 0.260 e. The molecule has 6 unspecified atom stereocenters. The van der Waals surface area contributed by atoms with Crippen LogP contribution in [0.15, 0.2) is 72.3 Å². The maximum atomic E-state index is 15.0. The Kier molecular flexibility index (Phi) is 7.16. The van der Waals surface area contributed by atoms with E-state index in [0.717, 1.165) is 10.6 Å². The number of benzene rings is 3. The molecule has 12 heteroatoms. The summed E-state index contributed by atoms with van der Waals surface area (Å²) in [5, 5.41) is 14.6. The SMILES string of the molecule is COc1cc(C2C3=CCC4C(=O)NC(=O)C4C3CC3C(=O)N(Nc4ccc(F)cc4)C(=O)C32c2ccc(Cl)cc2)cc(I)c1O. The molecule has 2 aliphatic carbocycles. The second-order valence-corrected chi connectivity index (χ2v) is 13.4. The molecular formula is C33H26ClFIN3O6. The molecule has 3 aromatic rings. The molecule has 4 aliphatic rings. The van der Waals surface area contributed by atoms with Gasteiger partial charge in [-0.3, -0.25) is 29.9 Å². The molecule has 2 aliphatic heterocycles. The van der Waals surface area contributed by atoms with Crippen molar-refractivity contribution >= 4 is 63.5 Å². The van der Waals surface area contributed by atoms with Crippen molar-refractivity contribution in [1.82, 2.24) is 10.3 Å². The zero-order chi connectivity index (χ0) is 31.8. The Morgan fingerprint density at radius 2 is 1.76 bits per heavy atom. The number of allylic oxidation sites excluding steroid dienone is 2. The Morgan fingerprint density at radius 1 is 1.04 bits per heavy atom. The fourth-order valence-electron chi connectivity index (χ4n) is 7.86. The highest BCUT2D eigenvalue weighted by molar-refractivity contribution is 14.1. The van der Waals surface area contributed by atoms with Gasteiger partial charge in [0.15, 0.2) is 11.5 Å². The quantitative estimate of drug-likeness (QED) is 0.190. The Morgan fingerprint density at radius 3 is 2.44 bits per heavy atom. The smallest absolute Gasteiger partial charge is 0.260 e. The summed E-state index contributed by atoms with van der Waals surface area (Å²) >= 11 is 8.29. The minimum atomic E-state index is -1.52. The van der Waals surface area contributed by atoms with Gasteiger partial charge in [-0.15, -0.1) is 0 Å². The van der Waals surface area contributed by atoms with E-state index in [4.69, 9.17) is 16.3 Å². The summed E-state index contributed by atoms with van der Waals surface area (Å²) in [4.78, 5) is 55.5. The molecule has 9 nitrogen and oxygen atoms in total. The van der Waals surface area contributed by atoms with Crippen LogP contribution in [0.1, 0.15) is 29.9 Å². The van der Waals surface area contributed by atoms with Gasteiger partial charge in [-0.2, -0.15) is 5.01 Å². The molecule has 3 N–H and O–H groups in total. The molecule has 0 bridgehead atoms. The van der Waals surface area contributed by atoms with Gasteiger partial charge in [-0.05, 0) is 101 Å². The standard InChI is InChI=1S/C33H26ClFIN3O6/c1-45-25-13-15(12-24(36)28(25)40)27-20-10-11-21-26(30(42)37-29(21)41)22(20)14-23-31(43)39(38-19-8-6-18(35)7-9-19)32(44)33(23,27)16-2-4-17(34)5-3-16/h2-10,12-13,21-23,26-27,38,40H,11,14H2,1H3,(H,37,41,42). The number of amides is 4. The number of imide groups is 2. The number of halogens is 3. The molecule has 0 spiro atoms. The molecule has 7 rings (SSSR count). The van der Waals surface area contributed by atoms with Crippen molar-refractivity contribution in [3.8, 4) is 11.5 Å². The average Bonchev–Trinajstić information content (AvgIpc) is 3.43. The molecule has 0 radical (unpaired) electrons. The lowest BCUT2D eigenvalue weighted by Gasteiger charge is -2.50. The van der Waals surface area contributed by atoms with Crippen LogP contribution in [0, 0.1) is 33.1 Å². The highest BCUT2D eigenvalue weighted by Gasteiger charge is 2.70. The summed E-state index contributed by atoms with van der Waals surface area (Å²) in [6.45, 7) is 0. The number of methoxy groups -OCH3 is 1. The molecule has 6 atom stereocenters. The number of phenols is 1. The van der Waals surface area contributed by atoms with Crippen LogP contribution >= 0.6 is 34.2 Å². The summed E-state index contributed by atoms with van der Waals surface area (Å²) in [6.07, 6.45) is 2.35. The van der Waals surface area contributed by atoms with Gasteiger partial charge >= 0.3 is 0 Å². The number of phenolic OH excluding ortho intramolecular Hbond substituents is 1. The fourth-order valence-corrected chi connectivity index (χ4v) is 8.61. The van der Waals surface area contributed by atoms with Crippen LogP contribution in [0.3, 0.4) is 0 Å². The van der Waals surface area contributed by atoms with E-state index < -0.39 is 58.5 Å². The van der Waals surface area contributed by atoms with Crippen LogP contribution in [0.4, 0.5) is 10.1 Å². The lowest BCUT2D eigenvalue weighted by molar-refractivity contribution is -0.138. The van der Waals surface area contributed by atoms with Crippen LogP contribution in [-0.4, -0.2) is 40.9 Å². The topological polar surface area (TPSA) is 125 Å². The number of nitrogens with one attached hydrogen (secondary N) is 2. The largest absolute Gasteiger partial charge is 0.504 e. The number of carbonyl (C=O) groups is 4. The lowest BCUT2D eigenvalue weighted by atomic mass is 9.49. The number of hydrogen-bond donors (Lipinski definition) is 3. The minimum Gasteiger partial charge on any atom is -0.504 e. The number of anilines is 1. The van der Waals surface area contributed by atoms with Crippen LogP contribution in [0.25, 0.3) is 0 Å². The first kappa shape index (κ1) is 29.7. The Labute approximate surface area is 275 Å². The maximum absolute atomic E-state index is 15.0. The monoisotopic (exact) mass is 741 g/mol. The van der Waals surface area contributed by atoms with Crippen molar-refractivity contribution in [2.75, 3.05) is 12.5 Å². The summed E-state index contributed by atoms with van der Waals surface area (Å²) < 4.78 is 19.7. The molecule has 0 aromatic heterocycles. The third kappa shape index (κ3) is 4.38. The summed E-state index contributed by atoms with van der Waals surface area (Å²) in [7, 11) is 1.42. The molecule has 45 heavy (non-hydrogen) atoms. The van der Waals surface area contributed by atoms with E-state index in [-0.39, 0.29) is 30.2 Å². The number of carbonyl (C=O) groups excluding carboxylic acids is 4.